The molecule has 1 aromatic heterocycles. The molecule has 0 aliphatic rings. The molecular formula is C18H22N4O2. The molecule has 0 spiro atoms. The van der Waals surface area contributed by atoms with Crippen LogP contribution in [0.2, 0.25) is 0 Å². The molecule has 0 saturated carbocycles. The minimum Gasteiger partial charge on any atom is -0.369 e. The van der Waals surface area contributed by atoms with Crippen LogP contribution in [0, 0.1) is 0 Å². The first-order valence-electron chi connectivity index (χ1n) is 7.90. The maximum atomic E-state index is 11.9. The van der Waals surface area contributed by atoms with Crippen molar-refractivity contribution >= 4 is 28.9 Å². The topological polar surface area (TPSA) is 74.3 Å². The van der Waals surface area contributed by atoms with Crippen molar-refractivity contribution in [2.75, 3.05) is 22.1 Å². The number of benzene rings is 1. The minimum absolute atomic E-state index is 0.390. The summed E-state index contributed by atoms with van der Waals surface area (Å²) < 4.78 is 0. The predicted octanol–water partition coefficient (Wildman–Crippen LogP) is 2.89. The van der Waals surface area contributed by atoms with Gasteiger partial charge in [-0.2, -0.15) is 0 Å². The number of amides is 2. The Morgan fingerprint density at radius 3 is 2.17 bits per heavy atom. The van der Waals surface area contributed by atoms with Crippen LogP contribution in [-0.4, -0.2) is 29.4 Å². The average molecular weight is 326 g/mol. The van der Waals surface area contributed by atoms with Crippen LogP contribution in [0.4, 0.5) is 17.1 Å². The van der Waals surface area contributed by atoms with Gasteiger partial charge >= 0.3 is 11.8 Å². The second kappa shape index (κ2) is 8.10. The highest BCUT2D eigenvalue weighted by atomic mass is 16.2. The Morgan fingerprint density at radius 1 is 1.04 bits per heavy atom. The minimum atomic E-state index is -0.732. The van der Waals surface area contributed by atoms with Gasteiger partial charge in [-0.05, 0) is 57.2 Å². The van der Waals surface area contributed by atoms with Crippen molar-refractivity contribution < 1.29 is 9.59 Å². The van der Waals surface area contributed by atoms with Gasteiger partial charge in [0.1, 0.15) is 0 Å². The van der Waals surface area contributed by atoms with Gasteiger partial charge in [0, 0.05) is 30.2 Å². The van der Waals surface area contributed by atoms with E-state index in [9.17, 15) is 9.59 Å². The molecule has 2 aromatic rings. The molecule has 126 valence electrons. The molecular weight excluding hydrogens is 304 g/mol. The van der Waals surface area contributed by atoms with E-state index in [1.54, 1.807) is 30.5 Å². The standard InChI is InChI=1S/C18H22N4O2/c1-4-22(13(2)3)16-9-7-14(8-10-16)20-17(23)18(24)21-15-6-5-11-19-12-15/h5-13H,4H2,1-3H3,(H,20,23)(H,21,24). The zero-order chi connectivity index (χ0) is 17.5. The molecule has 2 N–H and O–H groups in total. The van der Waals surface area contributed by atoms with Crippen molar-refractivity contribution in [2.24, 2.45) is 0 Å². The third-order valence-electron chi connectivity index (χ3n) is 3.55. The number of carbonyl (C=O) groups excluding carboxylic acids is 2. The number of anilines is 3. The SMILES string of the molecule is CCN(c1ccc(NC(=O)C(=O)Nc2cccnc2)cc1)C(C)C. The lowest BCUT2D eigenvalue weighted by Gasteiger charge is -2.27. The van der Waals surface area contributed by atoms with Crippen LogP contribution in [0.3, 0.4) is 0 Å². The number of rotatable bonds is 5. The highest BCUT2D eigenvalue weighted by molar-refractivity contribution is 6.43. The largest absolute Gasteiger partial charge is 0.369 e. The first kappa shape index (κ1) is 17.5. The summed E-state index contributed by atoms with van der Waals surface area (Å²) in [6.45, 7) is 7.25. The number of hydrogen-bond acceptors (Lipinski definition) is 4. The first-order chi connectivity index (χ1) is 11.5. The van der Waals surface area contributed by atoms with Crippen LogP contribution in [0.1, 0.15) is 20.8 Å². The molecule has 0 atom stereocenters. The van der Waals surface area contributed by atoms with Gasteiger partial charge in [0.15, 0.2) is 0 Å². The van der Waals surface area contributed by atoms with E-state index in [0.29, 0.717) is 17.4 Å². The van der Waals surface area contributed by atoms with Gasteiger partial charge < -0.3 is 15.5 Å². The van der Waals surface area contributed by atoms with Crippen LogP contribution in [0.15, 0.2) is 48.8 Å². The summed E-state index contributed by atoms with van der Waals surface area (Å²) in [7, 11) is 0. The zero-order valence-electron chi connectivity index (χ0n) is 14.1. The Morgan fingerprint density at radius 2 is 1.67 bits per heavy atom. The van der Waals surface area contributed by atoms with E-state index in [1.807, 2.05) is 12.1 Å². The monoisotopic (exact) mass is 326 g/mol. The zero-order valence-corrected chi connectivity index (χ0v) is 14.1. The van der Waals surface area contributed by atoms with E-state index in [-0.39, 0.29) is 0 Å². The molecule has 24 heavy (non-hydrogen) atoms. The highest BCUT2D eigenvalue weighted by Crippen LogP contribution is 2.19. The van der Waals surface area contributed by atoms with Gasteiger partial charge in [0.05, 0.1) is 11.9 Å². The molecule has 1 aromatic carbocycles. The summed E-state index contributed by atoms with van der Waals surface area (Å²) in [6, 6.07) is 11.2. The molecule has 0 bridgehead atoms. The van der Waals surface area contributed by atoms with Gasteiger partial charge in [0.25, 0.3) is 0 Å². The number of nitrogens with one attached hydrogen (secondary N) is 2. The molecule has 0 aliphatic heterocycles. The van der Waals surface area contributed by atoms with Gasteiger partial charge in [-0.15, -0.1) is 0 Å². The molecule has 0 radical (unpaired) electrons. The van der Waals surface area contributed by atoms with E-state index in [1.165, 1.54) is 6.20 Å². The van der Waals surface area contributed by atoms with Crippen molar-refractivity contribution in [3.05, 3.63) is 48.8 Å². The normalized spacial score (nSPS) is 10.3. The first-order valence-corrected chi connectivity index (χ1v) is 7.90. The molecule has 2 amide bonds. The van der Waals surface area contributed by atoms with Crippen LogP contribution in [0.5, 0.6) is 0 Å². The molecule has 6 nitrogen and oxygen atoms in total. The molecule has 0 fully saturated rings. The van der Waals surface area contributed by atoms with Crippen molar-refractivity contribution in [1.82, 2.24) is 4.98 Å². The van der Waals surface area contributed by atoms with Crippen LogP contribution in [0.25, 0.3) is 0 Å². The van der Waals surface area contributed by atoms with E-state index in [0.717, 1.165) is 12.2 Å². The second-order valence-corrected chi connectivity index (χ2v) is 5.58. The lowest BCUT2D eigenvalue weighted by atomic mass is 10.2. The van der Waals surface area contributed by atoms with E-state index in [2.05, 4.69) is 41.3 Å². The maximum Gasteiger partial charge on any atom is 0.314 e. The molecule has 2 rings (SSSR count). The van der Waals surface area contributed by atoms with E-state index < -0.39 is 11.8 Å². The van der Waals surface area contributed by atoms with Crippen LogP contribution >= 0.6 is 0 Å². The highest BCUT2D eigenvalue weighted by Gasteiger charge is 2.14. The number of aromatic nitrogens is 1. The van der Waals surface area contributed by atoms with Crippen molar-refractivity contribution in [3.63, 3.8) is 0 Å². The lowest BCUT2D eigenvalue weighted by molar-refractivity contribution is -0.133. The summed E-state index contributed by atoms with van der Waals surface area (Å²) >= 11 is 0. The maximum absolute atomic E-state index is 11.9. The Hall–Kier alpha value is -2.89. The summed E-state index contributed by atoms with van der Waals surface area (Å²) in [4.78, 5) is 29.9. The Bertz CT molecular complexity index is 684. The van der Waals surface area contributed by atoms with Gasteiger partial charge in [-0.3, -0.25) is 14.6 Å². The summed E-state index contributed by atoms with van der Waals surface area (Å²) in [5, 5.41) is 5.08. The van der Waals surface area contributed by atoms with Gasteiger partial charge in [-0.25, -0.2) is 0 Å². The number of carbonyl (C=O) groups is 2. The number of pyridine rings is 1. The van der Waals surface area contributed by atoms with Crippen molar-refractivity contribution in [1.29, 1.82) is 0 Å². The molecule has 1 heterocycles. The summed E-state index contributed by atoms with van der Waals surface area (Å²) in [5.74, 6) is -1.45. The molecule has 6 heteroatoms. The average Bonchev–Trinajstić information content (AvgIpc) is 2.57. The molecule has 0 saturated heterocycles. The van der Waals surface area contributed by atoms with E-state index in [4.69, 9.17) is 0 Å². The van der Waals surface area contributed by atoms with E-state index >= 15 is 0 Å². The number of hydrogen-bond donors (Lipinski definition) is 2. The van der Waals surface area contributed by atoms with Crippen LogP contribution < -0.4 is 15.5 Å². The lowest BCUT2D eigenvalue weighted by Crippen LogP contribution is -2.30. The fourth-order valence-corrected chi connectivity index (χ4v) is 2.39. The fraction of sp³-hybridized carbons (Fsp3) is 0.278. The Balaban J connectivity index is 1.98. The number of nitrogens with zero attached hydrogens (tertiary/aromatic N) is 2. The molecule has 0 aliphatic carbocycles. The molecule has 0 unspecified atom stereocenters. The van der Waals surface area contributed by atoms with Crippen LogP contribution in [-0.2, 0) is 9.59 Å². The Labute approximate surface area is 141 Å². The van der Waals surface area contributed by atoms with Crippen molar-refractivity contribution in [3.8, 4) is 0 Å². The quantitative estimate of drug-likeness (QED) is 0.829. The predicted molar refractivity (Wildman–Crippen MR) is 96.1 cm³/mol. The second-order valence-electron chi connectivity index (χ2n) is 5.58. The van der Waals surface area contributed by atoms with Gasteiger partial charge in [-0.1, -0.05) is 0 Å². The van der Waals surface area contributed by atoms with Gasteiger partial charge in [0.2, 0.25) is 0 Å². The smallest absolute Gasteiger partial charge is 0.314 e. The third-order valence-corrected chi connectivity index (χ3v) is 3.55. The summed E-state index contributed by atoms with van der Waals surface area (Å²) in [6.07, 6.45) is 3.07. The fourth-order valence-electron chi connectivity index (χ4n) is 2.39. The van der Waals surface area contributed by atoms with Crippen molar-refractivity contribution in [2.45, 2.75) is 26.8 Å². The summed E-state index contributed by atoms with van der Waals surface area (Å²) in [5.41, 5.74) is 2.12. The third kappa shape index (κ3) is 4.55. The Kier molecular flexibility index (Phi) is 5.89.